The molecule has 0 saturated carbocycles. The second-order valence-electron chi connectivity index (χ2n) is 4.71. The topological polar surface area (TPSA) is 89.4 Å². The van der Waals surface area contributed by atoms with Crippen LogP contribution in [0.4, 0.5) is 17.1 Å². The Labute approximate surface area is 115 Å². The quantitative estimate of drug-likeness (QED) is 0.779. The van der Waals surface area contributed by atoms with Crippen LogP contribution in [0, 0.1) is 0 Å². The van der Waals surface area contributed by atoms with Gasteiger partial charge in [-0.2, -0.15) is 0 Å². The number of nitrogens with zero attached hydrogens (tertiary/aromatic N) is 1. The molecule has 0 saturated heterocycles. The molecular formula is C13H23N3O2S. The molecule has 0 fully saturated rings. The predicted octanol–water partition coefficient (Wildman–Crippen LogP) is 1.88. The third-order valence-electron chi connectivity index (χ3n) is 2.87. The Morgan fingerprint density at radius 2 is 1.47 bits per heavy atom. The highest BCUT2D eigenvalue weighted by molar-refractivity contribution is 7.90. The van der Waals surface area contributed by atoms with Gasteiger partial charge in [0.2, 0.25) is 0 Å². The molecule has 0 unspecified atom stereocenters. The van der Waals surface area contributed by atoms with Crippen molar-refractivity contribution >= 4 is 26.9 Å². The largest absolute Gasteiger partial charge is 0.397 e. The van der Waals surface area contributed by atoms with Crippen LogP contribution in [0.5, 0.6) is 0 Å². The van der Waals surface area contributed by atoms with Gasteiger partial charge >= 0.3 is 0 Å². The number of sulfone groups is 1. The summed E-state index contributed by atoms with van der Waals surface area (Å²) in [5, 5.41) is 0. The first-order valence-electron chi connectivity index (χ1n) is 6.45. The zero-order chi connectivity index (χ0) is 14.6. The van der Waals surface area contributed by atoms with Crippen LogP contribution in [0.2, 0.25) is 0 Å². The first kappa shape index (κ1) is 15.6. The molecule has 19 heavy (non-hydrogen) atoms. The van der Waals surface area contributed by atoms with E-state index in [0.29, 0.717) is 11.4 Å². The normalized spacial score (nSPS) is 11.5. The molecule has 0 heterocycles. The molecule has 0 radical (unpaired) electrons. The predicted molar refractivity (Wildman–Crippen MR) is 81.2 cm³/mol. The van der Waals surface area contributed by atoms with E-state index in [1.54, 1.807) is 0 Å². The fourth-order valence-corrected chi connectivity index (χ4v) is 2.79. The molecular weight excluding hydrogens is 262 g/mol. The molecule has 0 aliphatic rings. The Hall–Kier alpha value is -1.43. The van der Waals surface area contributed by atoms with E-state index >= 15 is 0 Å². The molecule has 5 nitrogen and oxygen atoms in total. The molecule has 0 amide bonds. The van der Waals surface area contributed by atoms with Crippen molar-refractivity contribution in [2.45, 2.75) is 31.6 Å². The van der Waals surface area contributed by atoms with Gasteiger partial charge in [-0.1, -0.05) is 13.8 Å². The van der Waals surface area contributed by atoms with E-state index < -0.39 is 9.84 Å². The van der Waals surface area contributed by atoms with Gasteiger partial charge in [-0.25, -0.2) is 8.42 Å². The summed E-state index contributed by atoms with van der Waals surface area (Å²) in [6.07, 6.45) is 3.11. The van der Waals surface area contributed by atoms with Crippen molar-refractivity contribution in [3.8, 4) is 0 Å². The second kappa shape index (κ2) is 6.14. The average molecular weight is 285 g/mol. The summed E-state index contributed by atoms with van der Waals surface area (Å²) in [6, 6.07) is 2.97. The molecule has 0 aliphatic heterocycles. The lowest BCUT2D eigenvalue weighted by molar-refractivity contribution is 0.602. The molecule has 108 valence electrons. The zero-order valence-electron chi connectivity index (χ0n) is 11.8. The fourth-order valence-electron chi connectivity index (χ4n) is 2.11. The SMILES string of the molecule is CCCN(CCC)c1c(N)cc(S(C)(=O)=O)cc1N. The molecule has 1 aromatic rings. The first-order valence-corrected chi connectivity index (χ1v) is 8.34. The monoisotopic (exact) mass is 285 g/mol. The van der Waals surface area contributed by atoms with E-state index in [0.717, 1.165) is 37.9 Å². The smallest absolute Gasteiger partial charge is 0.175 e. The number of rotatable bonds is 6. The number of anilines is 3. The first-order chi connectivity index (χ1) is 8.81. The Balaban J connectivity index is 3.29. The van der Waals surface area contributed by atoms with Gasteiger partial charge < -0.3 is 16.4 Å². The van der Waals surface area contributed by atoms with E-state index in [9.17, 15) is 8.42 Å². The van der Waals surface area contributed by atoms with Gasteiger partial charge in [0, 0.05) is 19.3 Å². The standard InChI is InChI=1S/C13H23N3O2S/c1-4-6-16(7-5-2)13-11(14)8-10(9-12(13)15)19(3,17)18/h8-9H,4-7,14-15H2,1-3H3. The maximum atomic E-state index is 11.5. The van der Waals surface area contributed by atoms with Gasteiger partial charge in [0.25, 0.3) is 0 Å². The number of hydrogen-bond donors (Lipinski definition) is 2. The minimum Gasteiger partial charge on any atom is -0.397 e. The van der Waals surface area contributed by atoms with Crippen LogP contribution >= 0.6 is 0 Å². The van der Waals surface area contributed by atoms with Crippen molar-refractivity contribution in [3.63, 3.8) is 0 Å². The van der Waals surface area contributed by atoms with Gasteiger partial charge in [-0.05, 0) is 25.0 Å². The van der Waals surface area contributed by atoms with Crippen molar-refractivity contribution in [3.05, 3.63) is 12.1 Å². The maximum Gasteiger partial charge on any atom is 0.175 e. The van der Waals surface area contributed by atoms with Gasteiger partial charge in [0.1, 0.15) is 0 Å². The third-order valence-corrected chi connectivity index (χ3v) is 3.97. The summed E-state index contributed by atoms with van der Waals surface area (Å²) < 4.78 is 23.1. The molecule has 0 aromatic heterocycles. The van der Waals surface area contributed by atoms with Crippen molar-refractivity contribution in [2.75, 3.05) is 35.7 Å². The summed E-state index contributed by atoms with van der Waals surface area (Å²) in [5.74, 6) is 0. The summed E-state index contributed by atoms with van der Waals surface area (Å²) in [7, 11) is -3.29. The van der Waals surface area contributed by atoms with Gasteiger partial charge in [-0.3, -0.25) is 0 Å². The van der Waals surface area contributed by atoms with Gasteiger partial charge in [-0.15, -0.1) is 0 Å². The Kier molecular flexibility index (Phi) is 5.05. The highest BCUT2D eigenvalue weighted by Gasteiger charge is 2.17. The molecule has 0 aliphatic carbocycles. The van der Waals surface area contributed by atoms with E-state index in [-0.39, 0.29) is 4.90 Å². The molecule has 4 N–H and O–H groups in total. The lowest BCUT2D eigenvalue weighted by Crippen LogP contribution is -2.27. The molecule has 1 rings (SSSR count). The second-order valence-corrected chi connectivity index (χ2v) is 6.73. The molecule has 1 aromatic carbocycles. The van der Waals surface area contributed by atoms with Crippen molar-refractivity contribution < 1.29 is 8.42 Å². The van der Waals surface area contributed by atoms with E-state index in [4.69, 9.17) is 11.5 Å². The van der Waals surface area contributed by atoms with Crippen LogP contribution < -0.4 is 16.4 Å². The molecule has 0 bridgehead atoms. The van der Waals surface area contributed by atoms with Crippen LogP contribution in [0.15, 0.2) is 17.0 Å². The van der Waals surface area contributed by atoms with Crippen LogP contribution in [0.3, 0.4) is 0 Å². The zero-order valence-corrected chi connectivity index (χ0v) is 12.6. The van der Waals surface area contributed by atoms with E-state index in [1.165, 1.54) is 12.1 Å². The summed E-state index contributed by atoms with van der Waals surface area (Å²) in [5.41, 5.74) is 13.6. The number of nitrogen functional groups attached to an aromatic ring is 2. The van der Waals surface area contributed by atoms with Crippen molar-refractivity contribution in [1.82, 2.24) is 0 Å². The van der Waals surface area contributed by atoms with E-state index in [2.05, 4.69) is 18.7 Å². The van der Waals surface area contributed by atoms with E-state index in [1.807, 2.05) is 0 Å². The highest BCUT2D eigenvalue weighted by Crippen LogP contribution is 2.33. The highest BCUT2D eigenvalue weighted by atomic mass is 32.2. The lowest BCUT2D eigenvalue weighted by atomic mass is 10.2. The summed E-state index contributed by atoms with van der Waals surface area (Å²) in [6.45, 7) is 5.86. The number of nitrogens with two attached hydrogens (primary N) is 2. The average Bonchev–Trinajstić information content (AvgIpc) is 2.27. The van der Waals surface area contributed by atoms with Crippen LogP contribution in [-0.4, -0.2) is 27.8 Å². The number of hydrogen-bond acceptors (Lipinski definition) is 5. The lowest BCUT2D eigenvalue weighted by Gasteiger charge is -2.27. The van der Waals surface area contributed by atoms with Crippen molar-refractivity contribution in [1.29, 1.82) is 0 Å². The summed E-state index contributed by atoms with van der Waals surface area (Å²) >= 11 is 0. The van der Waals surface area contributed by atoms with Crippen LogP contribution in [-0.2, 0) is 9.84 Å². The summed E-state index contributed by atoms with van der Waals surface area (Å²) in [4.78, 5) is 2.27. The van der Waals surface area contributed by atoms with Crippen LogP contribution in [0.25, 0.3) is 0 Å². The fraction of sp³-hybridized carbons (Fsp3) is 0.538. The van der Waals surface area contributed by atoms with Crippen molar-refractivity contribution in [2.24, 2.45) is 0 Å². The molecule has 0 spiro atoms. The molecule has 6 heteroatoms. The Bertz CT molecular complexity index is 512. The minimum atomic E-state index is -3.29. The van der Waals surface area contributed by atoms with Gasteiger partial charge in [0.05, 0.1) is 22.0 Å². The van der Waals surface area contributed by atoms with Gasteiger partial charge in [0.15, 0.2) is 9.84 Å². The third kappa shape index (κ3) is 3.76. The maximum absolute atomic E-state index is 11.5. The Morgan fingerprint density at radius 3 is 1.79 bits per heavy atom. The minimum absolute atomic E-state index is 0.166. The Morgan fingerprint density at radius 1 is 1.05 bits per heavy atom. The number of benzene rings is 1. The molecule has 0 atom stereocenters. The van der Waals surface area contributed by atoms with Crippen LogP contribution in [0.1, 0.15) is 26.7 Å².